The number of ether oxygens (including phenoxy) is 2. The fourth-order valence-electron chi connectivity index (χ4n) is 1.88. The lowest BCUT2D eigenvalue weighted by Crippen LogP contribution is -2.27. The highest BCUT2D eigenvalue weighted by atomic mass is 16.6. The smallest absolute Gasteiger partial charge is 0.251 e. The molecule has 5 heteroatoms. The first-order chi connectivity index (χ1) is 9.16. The average Bonchev–Trinajstić information content (AvgIpc) is 2.42. The van der Waals surface area contributed by atoms with E-state index in [1.54, 1.807) is 18.2 Å². The summed E-state index contributed by atoms with van der Waals surface area (Å²) in [7, 11) is 4.03. The Hall–Kier alpha value is -1.75. The lowest BCUT2D eigenvalue weighted by molar-refractivity contribution is 0.0951. The number of carbonyl (C=O) groups is 1. The quantitative estimate of drug-likeness (QED) is 0.810. The molecule has 0 saturated carbocycles. The van der Waals surface area contributed by atoms with Gasteiger partial charge in [-0.3, -0.25) is 4.79 Å². The highest BCUT2D eigenvalue weighted by Gasteiger charge is 2.14. The van der Waals surface area contributed by atoms with Crippen molar-refractivity contribution in [3.63, 3.8) is 0 Å². The number of amides is 1. The van der Waals surface area contributed by atoms with Crippen molar-refractivity contribution >= 4 is 5.91 Å². The molecule has 1 aromatic rings. The molecule has 0 aromatic heterocycles. The molecule has 1 aliphatic heterocycles. The van der Waals surface area contributed by atoms with Crippen LogP contribution in [0.3, 0.4) is 0 Å². The van der Waals surface area contributed by atoms with Crippen molar-refractivity contribution < 1.29 is 14.3 Å². The van der Waals surface area contributed by atoms with E-state index in [1.165, 1.54) is 0 Å². The minimum atomic E-state index is -0.0734. The highest BCUT2D eigenvalue weighted by Crippen LogP contribution is 2.30. The van der Waals surface area contributed by atoms with Crippen molar-refractivity contribution in [2.45, 2.75) is 6.42 Å². The molecule has 0 saturated heterocycles. The first-order valence-corrected chi connectivity index (χ1v) is 6.49. The molecule has 2 rings (SSSR count). The minimum absolute atomic E-state index is 0.0734. The second-order valence-corrected chi connectivity index (χ2v) is 4.77. The van der Waals surface area contributed by atoms with Gasteiger partial charge in [0.25, 0.3) is 5.91 Å². The summed E-state index contributed by atoms with van der Waals surface area (Å²) in [5.41, 5.74) is 0.606. The number of carbonyl (C=O) groups excluding carboxylic acids is 1. The van der Waals surface area contributed by atoms with Crippen LogP contribution in [0.1, 0.15) is 16.8 Å². The average molecular weight is 264 g/mol. The Balaban J connectivity index is 1.88. The van der Waals surface area contributed by atoms with Crippen molar-refractivity contribution in [2.24, 2.45) is 0 Å². The third kappa shape index (κ3) is 3.86. The van der Waals surface area contributed by atoms with Crippen molar-refractivity contribution in [1.29, 1.82) is 0 Å². The van der Waals surface area contributed by atoms with Crippen molar-refractivity contribution in [2.75, 3.05) is 40.4 Å². The van der Waals surface area contributed by atoms with Crippen molar-refractivity contribution in [3.8, 4) is 11.5 Å². The van der Waals surface area contributed by atoms with Gasteiger partial charge in [0.1, 0.15) is 13.2 Å². The molecule has 0 spiro atoms. The standard InChI is InChI=1S/C14H20N2O3/c1-16(2)7-3-6-15-14(17)11-4-5-12-13(10-11)19-9-8-18-12/h4-5,10H,3,6-9H2,1-2H3,(H,15,17). The number of rotatable bonds is 5. The van der Waals surface area contributed by atoms with Crippen LogP contribution in [0.2, 0.25) is 0 Å². The van der Waals surface area contributed by atoms with Gasteiger partial charge in [-0.25, -0.2) is 0 Å². The summed E-state index contributed by atoms with van der Waals surface area (Å²) >= 11 is 0. The van der Waals surface area contributed by atoms with E-state index < -0.39 is 0 Å². The van der Waals surface area contributed by atoms with Gasteiger partial charge in [0.15, 0.2) is 11.5 Å². The minimum Gasteiger partial charge on any atom is -0.486 e. The number of hydrogen-bond donors (Lipinski definition) is 1. The van der Waals surface area contributed by atoms with E-state index in [-0.39, 0.29) is 5.91 Å². The topological polar surface area (TPSA) is 50.8 Å². The molecule has 1 heterocycles. The van der Waals surface area contributed by atoms with Crippen LogP contribution in [0.15, 0.2) is 18.2 Å². The van der Waals surface area contributed by atoms with Gasteiger partial charge in [-0.1, -0.05) is 0 Å². The Morgan fingerprint density at radius 3 is 2.74 bits per heavy atom. The molecule has 5 nitrogen and oxygen atoms in total. The summed E-state index contributed by atoms with van der Waals surface area (Å²) < 4.78 is 10.9. The van der Waals surface area contributed by atoms with Crippen LogP contribution in [-0.2, 0) is 0 Å². The predicted octanol–water partition coefficient (Wildman–Crippen LogP) is 1.14. The maximum atomic E-state index is 12.0. The zero-order valence-corrected chi connectivity index (χ0v) is 11.4. The Kier molecular flexibility index (Phi) is 4.63. The Morgan fingerprint density at radius 1 is 1.26 bits per heavy atom. The van der Waals surface area contributed by atoms with Crippen LogP contribution >= 0.6 is 0 Å². The third-order valence-electron chi connectivity index (χ3n) is 2.87. The first-order valence-electron chi connectivity index (χ1n) is 6.49. The molecule has 1 aromatic carbocycles. The molecule has 1 amide bonds. The molecular weight excluding hydrogens is 244 g/mol. The van der Waals surface area contributed by atoms with Crippen LogP contribution in [0.5, 0.6) is 11.5 Å². The summed E-state index contributed by atoms with van der Waals surface area (Å²) in [6, 6.07) is 5.27. The summed E-state index contributed by atoms with van der Waals surface area (Å²) in [4.78, 5) is 14.0. The summed E-state index contributed by atoms with van der Waals surface area (Å²) in [6.45, 7) is 2.72. The van der Waals surface area contributed by atoms with Gasteiger partial charge in [-0.05, 0) is 45.3 Å². The largest absolute Gasteiger partial charge is 0.486 e. The predicted molar refractivity (Wildman–Crippen MR) is 72.9 cm³/mol. The van der Waals surface area contributed by atoms with Gasteiger partial charge in [0, 0.05) is 12.1 Å². The summed E-state index contributed by atoms with van der Waals surface area (Å²) in [5, 5.41) is 2.90. The van der Waals surface area contributed by atoms with E-state index in [4.69, 9.17) is 9.47 Å². The monoisotopic (exact) mass is 264 g/mol. The number of fused-ring (bicyclic) bond motifs is 1. The van der Waals surface area contributed by atoms with Crippen LogP contribution in [0.25, 0.3) is 0 Å². The first kappa shape index (κ1) is 13.7. The molecular formula is C14H20N2O3. The molecule has 0 atom stereocenters. The van der Waals surface area contributed by atoms with E-state index >= 15 is 0 Å². The number of benzene rings is 1. The molecule has 19 heavy (non-hydrogen) atoms. The Labute approximate surface area is 113 Å². The van der Waals surface area contributed by atoms with Gasteiger partial charge in [-0.2, -0.15) is 0 Å². The van der Waals surface area contributed by atoms with Crippen molar-refractivity contribution in [1.82, 2.24) is 10.2 Å². The van der Waals surface area contributed by atoms with Gasteiger partial charge in [0.2, 0.25) is 0 Å². The van der Waals surface area contributed by atoms with Gasteiger partial charge < -0.3 is 19.7 Å². The van der Waals surface area contributed by atoms with E-state index in [0.717, 1.165) is 13.0 Å². The molecule has 1 N–H and O–H groups in total. The van der Waals surface area contributed by atoms with E-state index in [9.17, 15) is 4.79 Å². The number of hydrogen-bond acceptors (Lipinski definition) is 4. The van der Waals surface area contributed by atoms with E-state index in [2.05, 4.69) is 10.2 Å². The van der Waals surface area contributed by atoms with E-state index in [1.807, 2.05) is 14.1 Å². The molecule has 0 radical (unpaired) electrons. The lowest BCUT2D eigenvalue weighted by Gasteiger charge is -2.18. The Bertz CT molecular complexity index is 446. The second-order valence-electron chi connectivity index (χ2n) is 4.77. The lowest BCUT2D eigenvalue weighted by atomic mass is 10.2. The normalized spacial score (nSPS) is 13.4. The van der Waals surface area contributed by atoms with Crippen LogP contribution in [-0.4, -0.2) is 51.2 Å². The van der Waals surface area contributed by atoms with Gasteiger partial charge in [-0.15, -0.1) is 0 Å². The molecule has 0 aliphatic carbocycles. The zero-order valence-electron chi connectivity index (χ0n) is 11.4. The number of nitrogens with zero attached hydrogens (tertiary/aromatic N) is 1. The van der Waals surface area contributed by atoms with Gasteiger partial charge in [0.05, 0.1) is 0 Å². The maximum absolute atomic E-state index is 12.0. The fraction of sp³-hybridized carbons (Fsp3) is 0.500. The number of nitrogens with one attached hydrogen (secondary N) is 1. The Morgan fingerprint density at radius 2 is 2.00 bits per heavy atom. The van der Waals surface area contributed by atoms with Crippen molar-refractivity contribution in [3.05, 3.63) is 23.8 Å². The molecule has 0 bridgehead atoms. The van der Waals surface area contributed by atoms with E-state index in [0.29, 0.717) is 36.8 Å². The third-order valence-corrected chi connectivity index (χ3v) is 2.87. The SMILES string of the molecule is CN(C)CCCNC(=O)c1ccc2c(c1)OCCO2. The van der Waals surface area contributed by atoms with Gasteiger partial charge >= 0.3 is 0 Å². The zero-order chi connectivity index (χ0) is 13.7. The van der Waals surface area contributed by atoms with Crippen LogP contribution < -0.4 is 14.8 Å². The summed E-state index contributed by atoms with van der Waals surface area (Å²) in [6.07, 6.45) is 0.934. The fourth-order valence-corrected chi connectivity index (χ4v) is 1.88. The second kappa shape index (κ2) is 6.43. The molecule has 0 unspecified atom stereocenters. The molecule has 104 valence electrons. The van der Waals surface area contributed by atoms with Crippen LogP contribution in [0, 0.1) is 0 Å². The highest BCUT2D eigenvalue weighted by molar-refractivity contribution is 5.94. The maximum Gasteiger partial charge on any atom is 0.251 e. The van der Waals surface area contributed by atoms with Crippen LogP contribution in [0.4, 0.5) is 0 Å². The summed E-state index contributed by atoms with van der Waals surface area (Å²) in [5.74, 6) is 1.28. The molecule has 1 aliphatic rings. The molecule has 0 fully saturated rings.